The van der Waals surface area contributed by atoms with E-state index in [1.54, 1.807) is 0 Å². The largest absolute Gasteiger partial charge is 0.389 e. The topological polar surface area (TPSA) is 37.3 Å². The lowest BCUT2D eigenvalue weighted by molar-refractivity contribution is -0.122. The van der Waals surface area contributed by atoms with Gasteiger partial charge in [-0.3, -0.25) is 4.79 Å². The van der Waals surface area contributed by atoms with E-state index in [0.717, 1.165) is 12.8 Å². The van der Waals surface area contributed by atoms with Gasteiger partial charge in [-0.1, -0.05) is 12.2 Å². The zero-order valence-electron chi connectivity index (χ0n) is 6.62. The third-order valence-corrected chi connectivity index (χ3v) is 2.02. The first-order valence-electron chi connectivity index (χ1n) is 4.12. The van der Waals surface area contributed by atoms with Gasteiger partial charge in [0.05, 0.1) is 0 Å². The lowest BCUT2D eigenvalue weighted by Crippen LogP contribution is -2.11. The van der Waals surface area contributed by atoms with Gasteiger partial charge in [-0.15, -0.1) is 0 Å². The van der Waals surface area contributed by atoms with Gasteiger partial charge in [0, 0.05) is 6.42 Å². The van der Waals surface area contributed by atoms with E-state index in [0.29, 0.717) is 12.3 Å². The highest BCUT2D eigenvalue weighted by Gasteiger charge is 2.11. The summed E-state index contributed by atoms with van der Waals surface area (Å²) in [6, 6.07) is 0. The summed E-state index contributed by atoms with van der Waals surface area (Å²) in [7, 11) is 0. The predicted molar refractivity (Wildman–Crippen MR) is 43.2 cm³/mol. The molecule has 1 unspecified atom stereocenters. The fraction of sp³-hybridized carbons (Fsp3) is 0.667. The number of carbonyl (C=O) groups is 1. The summed E-state index contributed by atoms with van der Waals surface area (Å²) in [6.07, 6.45) is 8.16. The molecule has 1 N–H and O–H groups in total. The molecule has 0 spiro atoms. The van der Waals surface area contributed by atoms with Gasteiger partial charge >= 0.3 is 0 Å². The van der Waals surface area contributed by atoms with Crippen LogP contribution in [0.1, 0.15) is 25.7 Å². The summed E-state index contributed by atoms with van der Waals surface area (Å²) in [5, 5.41) is 8.49. The lowest BCUT2D eigenvalue weighted by Gasteiger charge is -2.14. The summed E-state index contributed by atoms with van der Waals surface area (Å²) in [4.78, 5) is 10.8. The molecule has 0 fully saturated rings. The van der Waals surface area contributed by atoms with Crippen LogP contribution in [0.5, 0.6) is 0 Å². The van der Waals surface area contributed by atoms with E-state index in [4.69, 9.17) is 5.11 Å². The Morgan fingerprint density at radius 3 is 3.00 bits per heavy atom. The van der Waals surface area contributed by atoms with Crippen LogP contribution in [0.2, 0.25) is 0 Å². The van der Waals surface area contributed by atoms with E-state index in [-0.39, 0.29) is 12.4 Å². The Balaban J connectivity index is 2.30. The standard InChI is InChI=1S/C9H14O2/c10-7-9(11)6-8-4-2-1-3-5-8/h2,4,8,10H,1,3,5-7H2. The van der Waals surface area contributed by atoms with Crippen molar-refractivity contribution in [2.75, 3.05) is 6.61 Å². The van der Waals surface area contributed by atoms with Gasteiger partial charge in [0.25, 0.3) is 0 Å². The molecule has 1 rings (SSSR count). The van der Waals surface area contributed by atoms with E-state index < -0.39 is 0 Å². The summed E-state index contributed by atoms with van der Waals surface area (Å²) >= 11 is 0. The number of carbonyl (C=O) groups excluding carboxylic acids is 1. The van der Waals surface area contributed by atoms with Crippen LogP contribution >= 0.6 is 0 Å². The summed E-state index contributed by atoms with van der Waals surface area (Å²) in [5.74, 6) is 0.352. The summed E-state index contributed by atoms with van der Waals surface area (Å²) < 4.78 is 0. The van der Waals surface area contributed by atoms with Gasteiger partial charge in [0.1, 0.15) is 6.61 Å². The quantitative estimate of drug-likeness (QED) is 0.622. The van der Waals surface area contributed by atoms with Crippen molar-refractivity contribution < 1.29 is 9.90 Å². The second-order valence-electron chi connectivity index (χ2n) is 3.02. The number of hydrogen-bond donors (Lipinski definition) is 1. The first-order valence-corrected chi connectivity index (χ1v) is 4.12. The number of rotatable bonds is 3. The van der Waals surface area contributed by atoms with Crippen molar-refractivity contribution in [1.82, 2.24) is 0 Å². The van der Waals surface area contributed by atoms with Crippen molar-refractivity contribution in [1.29, 1.82) is 0 Å². The van der Waals surface area contributed by atoms with Gasteiger partial charge in [0.2, 0.25) is 0 Å². The van der Waals surface area contributed by atoms with Crippen LogP contribution in [0.15, 0.2) is 12.2 Å². The number of allylic oxidation sites excluding steroid dienone is 2. The molecule has 62 valence electrons. The molecule has 0 aromatic rings. The van der Waals surface area contributed by atoms with Crippen molar-refractivity contribution in [2.24, 2.45) is 5.92 Å². The molecule has 0 aromatic heterocycles. The Kier molecular flexibility index (Phi) is 3.30. The molecule has 0 aliphatic heterocycles. The summed E-state index contributed by atoms with van der Waals surface area (Å²) in [5.41, 5.74) is 0. The molecule has 2 nitrogen and oxygen atoms in total. The SMILES string of the molecule is O=C(CO)CC1C=CCCC1. The molecule has 11 heavy (non-hydrogen) atoms. The van der Waals surface area contributed by atoms with E-state index in [2.05, 4.69) is 12.2 Å². The van der Waals surface area contributed by atoms with E-state index in [1.165, 1.54) is 6.42 Å². The average Bonchev–Trinajstić information content (AvgIpc) is 2.06. The van der Waals surface area contributed by atoms with E-state index in [1.807, 2.05) is 0 Å². The van der Waals surface area contributed by atoms with Crippen LogP contribution in [0, 0.1) is 5.92 Å². The molecule has 2 heteroatoms. The molecule has 1 aliphatic rings. The van der Waals surface area contributed by atoms with Crippen molar-refractivity contribution in [3.63, 3.8) is 0 Å². The minimum absolute atomic E-state index is 0.0402. The second-order valence-corrected chi connectivity index (χ2v) is 3.02. The minimum Gasteiger partial charge on any atom is -0.389 e. The van der Waals surface area contributed by atoms with E-state index in [9.17, 15) is 4.79 Å². The number of aliphatic hydroxyl groups excluding tert-OH is 1. The average molecular weight is 154 g/mol. The van der Waals surface area contributed by atoms with Crippen LogP contribution in [0.3, 0.4) is 0 Å². The zero-order chi connectivity index (χ0) is 8.10. The van der Waals surface area contributed by atoms with Crippen molar-refractivity contribution in [2.45, 2.75) is 25.7 Å². The summed E-state index contributed by atoms with van der Waals surface area (Å²) in [6.45, 7) is -0.301. The van der Waals surface area contributed by atoms with Gasteiger partial charge in [-0.05, 0) is 25.2 Å². The molecule has 0 radical (unpaired) electrons. The highest BCUT2D eigenvalue weighted by molar-refractivity contribution is 5.79. The third kappa shape index (κ3) is 2.85. The third-order valence-electron chi connectivity index (χ3n) is 2.02. The zero-order valence-corrected chi connectivity index (χ0v) is 6.62. The molecular formula is C9H14O2. The Hall–Kier alpha value is -0.630. The van der Waals surface area contributed by atoms with Crippen molar-refractivity contribution in [3.8, 4) is 0 Å². The maximum absolute atomic E-state index is 10.8. The lowest BCUT2D eigenvalue weighted by atomic mass is 9.92. The van der Waals surface area contributed by atoms with Gasteiger partial charge in [-0.2, -0.15) is 0 Å². The molecule has 0 saturated carbocycles. The molecule has 0 heterocycles. The van der Waals surface area contributed by atoms with Gasteiger partial charge < -0.3 is 5.11 Å². The van der Waals surface area contributed by atoms with Crippen molar-refractivity contribution in [3.05, 3.63) is 12.2 Å². The molecule has 0 amide bonds. The number of ketones is 1. The monoisotopic (exact) mass is 154 g/mol. The molecule has 0 saturated heterocycles. The molecule has 0 aromatic carbocycles. The fourth-order valence-electron chi connectivity index (χ4n) is 1.41. The molecule has 1 aliphatic carbocycles. The second kappa shape index (κ2) is 4.29. The van der Waals surface area contributed by atoms with Crippen LogP contribution < -0.4 is 0 Å². The first-order chi connectivity index (χ1) is 5.33. The predicted octanol–water partition coefficient (Wildman–Crippen LogP) is 1.29. The van der Waals surface area contributed by atoms with Crippen LogP contribution in [0.4, 0.5) is 0 Å². The van der Waals surface area contributed by atoms with E-state index >= 15 is 0 Å². The smallest absolute Gasteiger partial charge is 0.158 e. The number of Topliss-reactive ketones (excluding diaryl/α,β-unsaturated/α-hetero) is 1. The maximum Gasteiger partial charge on any atom is 0.158 e. The van der Waals surface area contributed by atoms with Gasteiger partial charge in [-0.25, -0.2) is 0 Å². The fourth-order valence-corrected chi connectivity index (χ4v) is 1.41. The Labute approximate surface area is 66.9 Å². The van der Waals surface area contributed by atoms with Crippen LogP contribution in [-0.2, 0) is 4.79 Å². The van der Waals surface area contributed by atoms with Crippen LogP contribution in [0.25, 0.3) is 0 Å². The van der Waals surface area contributed by atoms with Crippen LogP contribution in [-0.4, -0.2) is 17.5 Å². The molecular weight excluding hydrogens is 140 g/mol. The Morgan fingerprint density at radius 2 is 2.45 bits per heavy atom. The number of aliphatic hydroxyl groups is 1. The minimum atomic E-state index is -0.301. The Morgan fingerprint density at radius 1 is 1.64 bits per heavy atom. The maximum atomic E-state index is 10.8. The highest BCUT2D eigenvalue weighted by atomic mass is 16.3. The van der Waals surface area contributed by atoms with Crippen molar-refractivity contribution >= 4 is 5.78 Å². The Bertz CT molecular complexity index is 161. The normalized spacial score (nSPS) is 23.5. The first kappa shape index (κ1) is 8.47. The molecule has 0 bridgehead atoms. The van der Waals surface area contributed by atoms with Gasteiger partial charge in [0.15, 0.2) is 5.78 Å². The number of hydrogen-bond acceptors (Lipinski definition) is 2. The molecule has 1 atom stereocenters. The highest BCUT2D eigenvalue weighted by Crippen LogP contribution is 2.19.